The summed E-state index contributed by atoms with van der Waals surface area (Å²) in [4.78, 5) is 2.88. The van der Waals surface area contributed by atoms with E-state index in [-0.39, 0.29) is 0 Å². The first kappa shape index (κ1) is 12.1. The summed E-state index contributed by atoms with van der Waals surface area (Å²) in [7, 11) is 0. The number of nitrogens with one attached hydrogen (secondary N) is 2. The van der Waals surface area contributed by atoms with Crippen LogP contribution in [0, 0.1) is 13.8 Å². The Kier molecular flexibility index (Phi) is 4.00. The Morgan fingerprint density at radius 2 is 2.31 bits per heavy atom. The fraction of sp³-hybridized carbons (Fsp3) is 0.692. The van der Waals surface area contributed by atoms with E-state index in [1.807, 2.05) is 11.3 Å². The highest BCUT2D eigenvalue weighted by atomic mass is 32.1. The molecule has 2 nitrogen and oxygen atoms in total. The minimum Gasteiger partial charge on any atom is -0.315 e. The summed E-state index contributed by atoms with van der Waals surface area (Å²) in [5, 5.41) is 7.19. The molecular weight excluding hydrogens is 216 g/mol. The molecule has 2 rings (SSSR count). The van der Waals surface area contributed by atoms with Crippen LogP contribution in [0.5, 0.6) is 0 Å². The van der Waals surface area contributed by atoms with Crippen LogP contribution in [-0.2, 0) is 0 Å². The molecule has 1 aromatic heterocycles. The van der Waals surface area contributed by atoms with E-state index in [4.69, 9.17) is 0 Å². The van der Waals surface area contributed by atoms with Gasteiger partial charge in [-0.25, -0.2) is 0 Å². The summed E-state index contributed by atoms with van der Waals surface area (Å²) in [5.41, 5.74) is 1.48. The third-order valence-electron chi connectivity index (χ3n) is 3.33. The van der Waals surface area contributed by atoms with Crippen LogP contribution < -0.4 is 10.6 Å². The molecule has 90 valence electrons. The number of piperidine rings is 1. The molecule has 16 heavy (non-hydrogen) atoms. The van der Waals surface area contributed by atoms with Gasteiger partial charge in [-0.05, 0) is 51.8 Å². The lowest BCUT2D eigenvalue weighted by atomic mass is 10.0. The third-order valence-corrected chi connectivity index (χ3v) is 4.31. The zero-order valence-electron chi connectivity index (χ0n) is 10.5. The van der Waals surface area contributed by atoms with E-state index in [0.717, 1.165) is 6.54 Å². The highest BCUT2D eigenvalue weighted by Crippen LogP contribution is 2.26. The Hall–Kier alpha value is -0.380. The molecular formula is C13H22N2S. The second-order valence-electron chi connectivity index (χ2n) is 4.80. The van der Waals surface area contributed by atoms with Gasteiger partial charge in [0.05, 0.1) is 0 Å². The van der Waals surface area contributed by atoms with Crippen molar-refractivity contribution in [3.05, 3.63) is 21.4 Å². The zero-order valence-corrected chi connectivity index (χ0v) is 11.3. The standard InChI is InChI=1S/C13H22N2S/c1-9-7-13(11(3)16-9)10(2)15-12-5-4-6-14-8-12/h7,10,12,14-15H,4-6,8H2,1-3H3. The van der Waals surface area contributed by atoms with E-state index >= 15 is 0 Å². The molecule has 0 amide bonds. The van der Waals surface area contributed by atoms with Crippen LogP contribution in [0.15, 0.2) is 6.07 Å². The maximum absolute atomic E-state index is 3.73. The van der Waals surface area contributed by atoms with E-state index in [9.17, 15) is 0 Å². The first-order chi connectivity index (χ1) is 7.66. The van der Waals surface area contributed by atoms with E-state index in [1.54, 1.807) is 0 Å². The van der Waals surface area contributed by atoms with E-state index in [2.05, 4.69) is 37.5 Å². The van der Waals surface area contributed by atoms with Gasteiger partial charge >= 0.3 is 0 Å². The van der Waals surface area contributed by atoms with E-state index < -0.39 is 0 Å². The Labute approximate surface area is 102 Å². The lowest BCUT2D eigenvalue weighted by Crippen LogP contribution is -2.43. The highest BCUT2D eigenvalue weighted by molar-refractivity contribution is 7.12. The van der Waals surface area contributed by atoms with Gasteiger partial charge in [-0.15, -0.1) is 11.3 Å². The molecule has 0 saturated carbocycles. The summed E-state index contributed by atoms with van der Waals surface area (Å²) in [6.07, 6.45) is 2.60. The van der Waals surface area contributed by atoms with Crippen molar-refractivity contribution in [2.24, 2.45) is 0 Å². The predicted molar refractivity (Wildman–Crippen MR) is 71.2 cm³/mol. The third kappa shape index (κ3) is 2.84. The average molecular weight is 238 g/mol. The van der Waals surface area contributed by atoms with E-state index in [0.29, 0.717) is 12.1 Å². The molecule has 1 aliphatic rings. The van der Waals surface area contributed by atoms with Gasteiger partial charge < -0.3 is 10.6 Å². The van der Waals surface area contributed by atoms with Crippen LogP contribution in [0.2, 0.25) is 0 Å². The molecule has 0 aromatic carbocycles. The summed E-state index contributed by atoms with van der Waals surface area (Å²) in [6, 6.07) is 3.45. The maximum atomic E-state index is 3.73. The van der Waals surface area contributed by atoms with Crippen molar-refractivity contribution in [2.75, 3.05) is 13.1 Å². The summed E-state index contributed by atoms with van der Waals surface area (Å²) < 4.78 is 0. The smallest absolute Gasteiger partial charge is 0.0305 e. The second kappa shape index (κ2) is 5.30. The molecule has 1 saturated heterocycles. The van der Waals surface area contributed by atoms with Gasteiger partial charge in [-0.1, -0.05) is 0 Å². The van der Waals surface area contributed by atoms with Crippen LogP contribution in [-0.4, -0.2) is 19.1 Å². The first-order valence-electron chi connectivity index (χ1n) is 6.20. The van der Waals surface area contributed by atoms with Gasteiger partial charge in [-0.2, -0.15) is 0 Å². The van der Waals surface area contributed by atoms with Crippen molar-refractivity contribution in [3.63, 3.8) is 0 Å². The molecule has 1 aliphatic heterocycles. The molecule has 0 spiro atoms. The molecule has 0 aliphatic carbocycles. The number of hydrogen-bond acceptors (Lipinski definition) is 3. The van der Waals surface area contributed by atoms with Crippen molar-refractivity contribution in [1.82, 2.24) is 10.6 Å². The Morgan fingerprint density at radius 1 is 1.50 bits per heavy atom. The summed E-state index contributed by atoms with van der Waals surface area (Å²) in [6.45, 7) is 9.00. The minimum absolute atomic E-state index is 0.481. The van der Waals surface area contributed by atoms with Crippen molar-refractivity contribution >= 4 is 11.3 Å². The lowest BCUT2D eigenvalue weighted by molar-refractivity contribution is 0.362. The quantitative estimate of drug-likeness (QED) is 0.846. The molecule has 3 heteroatoms. The van der Waals surface area contributed by atoms with Crippen LogP contribution in [0.25, 0.3) is 0 Å². The molecule has 1 aromatic rings. The lowest BCUT2D eigenvalue weighted by Gasteiger charge is -2.27. The van der Waals surface area contributed by atoms with E-state index in [1.165, 1.54) is 34.7 Å². The zero-order chi connectivity index (χ0) is 11.5. The highest BCUT2D eigenvalue weighted by Gasteiger charge is 2.17. The van der Waals surface area contributed by atoms with Crippen LogP contribution in [0.1, 0.15) is 41.1 Å². The maximum Gasteiger partial charge on any atom is 0.0305 e. The van der Waals surface area contributed by atoms with Crippen molar-refractivity contribution in [3.8, 4) is 0 Å². The Balaban J connectivity index is 1.96. The number of hydrogen-bond donors (Lipinski definition) is 2. The Morgan fingerprint density at radius 3 is 2.88 bits per heavy atom. The summed E-state index contributed by atoms with van der Waals surface area (Å²) in [5.74, 6) is 0. The van der Waals surface area contributed by atoms with Crippen LogP contribution >= 0.6 is 11.3 Å². The topological polar surface area (TPSA) is 24.1 Å². The normalized spacial score (nSPS) is 23.3. The molecule has 2 unspecified atom stereocenters. The van der Waals surface area contributed by atoms with Gasteiger partial charge in [0.2, 0.25) is 0 Å². The Bertz CT molecular complexity index is 340. The van der Waals surface area contributed by atoms with Crippen molar-refractivity contribution < 1.29 is 0 Å². The molecule has 1 fully saturated rings. The van der Waals surface area contributed by atoms with Crippen LogP contribution in [0.3, 0.4) is 0 Å². The number of aryl methyl sites for hydroxylation is 2. The molecule has 0 radical (unpaired) electrons. The monoisotopic (exact) mass is 238 g/mol. The van der Waals surface area contributed by atoms with Gasteiger partial charge in [0.1, 0.15) is 0 Å². The summed E-state index contributed by atoms with van der Waals surface area (Å²) >= 11 is 1.90. The molecule has 2 N–H and O–H groups in total. The second-order valence-corrected chi connectivity index (χ2v) is 6.26. The van der Waals surface area contributed by atoms with Crippen molar-refractivity contribution in [1.29, 1.82) is 0 Å². The minimum atomic E-state index is 0.481. The van der Waals surface area contributed by atoms with Crippen molar-refractivity contribution in [2.45, 2.75) is 45.7 Å². The molecule has 2 atom stereocenters. The van der Waals surface area contributed by atoms with Crippen LogP contribution in [0.4, 0.5) is 0 Å². The fourth-order valence-electron chi connectivity index (χ4n) is 2.52. The predicted octanol–water partition coefficient (Wildman–Crippen LogP) is 2.77. The average Bonchev–Trinajstić information content (AvgIpc) is 2.59. The SMILES string of the molecule is Cc1cc(C(C)NC2CCCNC2)c(C)s1. The largest absolute Gasteiger partial charge is 0.315 e. The van der Waals surface area contributed by atoms with Gasteiger partial charge in [0.25, 0.3) is 0 Å². The number of thiophene rings is 1. The van der Waals surface area contributed by atoms with Gasteiger partial charge in [-0.3, -0.25) is 0 Å². The molecule has 0 bridgehead atoms. The van der Waals surface area contributed by atoms with Gasteiger partial charge in [0.15, 0.2) is 0 Å². The number of rotatable bonds is 3. The fourth-order valence-corrected chi connectivity index (χ4v) is 3.54. The first-order valence-corrected chi connectivity index (χ1v) is 7.02. The van der Waals surface area contributed by atoms with Gasteiger partial charge in [0, 0.05) is 28.4 Å². The molecule has 2 heterocycles.